The van der Waals surface area contributed by atoms with Crippen molar-refractivity contribution < 1.29 is 14.4 Å². The van der Waals surface area contributed by atoms with E-state index in [2.05, 4.69) is 34.6 Å². The van der Waals surface area contributed by atoms with Gasteiger partial charge in [-0.2, -0.15) is 0 Å². The lowest BCUT2D eigenvalue weighted by atomic mass is 9.65. The molecule has 1 aromatic rings. The number of carbonyl (C=O) groups is 3. The van der Waals surface area contributed by atoms with E-state index in [4.69, 9.17) is 0 Å². The van der Waals surface area contributed by atoms with Gasteiger partial charge in [-0.25, -0.2) is 0 Å². The maximum absolute atomic E-state index is 12.9. The molecule has 4 heterocycles. The molecule has 2 N–H and O–H groups in total. The summed E-state index contributed by atoms with van der Waals surface area (Å²) in [6.07, 6.45) is 4.54. The van der Waals surface area contributed by atoms with E-state index in [0.717, 1.165) is 38.3 Å². The molecule has 3 amide bonds. The number of benzene rings is 1. The van der Waals surface area contributed by atoms with Crippen LogP contribution in [0.2, 0.25) is 0 Å². The van der Waals surface area contributed by atoms with Gasteiger partial charge in [0, 0.05) is 31.6 Å². The van der Waals surface area contributed by atoms with Gasteiger partial charge in [0.2, 0.25) is 11.8 Å². The van der Waals surface area contributed by atoms with Crippen LogP contribution in [0.4, 0.5) is 0 Å². The SMILES string of the molecule is CC1CN(Cc2ccc3c(c2)CN(C2CCC(=O)NC2=O)C3=O)CCC12CCNCC2. The average molecular weight is 425 g/mol. The quantitative estimate of drug-likeness (QED) is 0.722. The highest BCUT2D eigenvalue weighted by atomic mass is 16.2. The third-order valence-corrected chi connectivity index (χ3v) is 8.10. The Hall–Kier alpha value is -2.25. The van der Waals surface area contributed by atoms with E-state index < -0.39 is 6.04 Å². The van der Waals surface area contributed by atoms with Crippen molar-refractivity contribution in [2.75, 3.05) is 26.2 Å². The molecule has 0 aromatic heterocycles. The summed E-state index contributed by atoms with van der Waals surface area (Å²) in [5.74, 6) is -0.0145. The summed E-state index contributed by atoms with van der Waals surface area (Å²) in [7, 11) is 0. The highest BCUT2D eigenvalue weighted by molar-refractivity contribution is 6.05. The molecule has 3 fully saturated rings. The second-order valence-electron chi connectivity index (χ2n) is 9.89. The minimum Gasteiger partial charge on any atom is -0.322 e. The van der Waals surface area contributed by atoms with Crippen molar-refractivity contribution in [2.45, 2.75) is 58.2 Å². The maximum Gasteiger partial charge on any atom is 0.255 e. The van der Waals surface area contributed by atoms with Crippen molar-refractivity contribution in [3.05, 3.63) is 34.9 Å². The smallest absolute Gasteiger partial charge is 0.255 e. The number of nitrogens with one attached hydrogen (secondary N) is 2. The molecule has 7 nitrogen and oxygen atoms in total. The topological polar surface area (TPSA) is 81.8 Å². The van der Waals surface area contributed by atoms with Gasteiger partial charge in [0.1, 0.15) is 6.04 Å². The van der Waals surface area contributed by atoms with Gasteiger partial charge in [-0.05, 0) is 73.8 Å². The molecule has 4 aliphatic heterocycles. The minimum absolute atomic E-state index is 0.101. The molecule has 7 heteroatoms. The number of nitrogens with zero attached hydrogens (tertiary/aromatic N) is 2. The lowest BCUT2D eigenvalue weighted by molar-refractivity contribution is -0.136. The van der Waals surface area contributed by atoms with Crippen LogP contribution in [0.25, 0.3) is 0 Å². The summed E-state index contributed by atoms with van der Waals surface area (Å²) < 4.78 is 0. The zero-order chi connectivity index (χ0) is 21.6. The third kappa shape index (κ3) is 3.78. The van der Waals surface area contributed by atoms with Gasteiger partial charge in [-0.3, -0.25) is 24.6 Å². The molecule has 0 radical (unpaired) electrons. The molecule has 4 aliphatic rings. The molecule has 2 unspecified atom stereocenters. The van der Waals surface area contributed by atoms with Crippen molar-refractivity contribution in [2.24, 2.45) is 11.3 Å². The lowest BCUT2D eigenvalue weighted by Crippen LogP contribution is -2.52. The van der Waals surface area contributed by atoms with Gasteiger partial charge in [0.15, 0.2) is 0 Å². The number of amides is 3. The standard InChI is InChI=1S/C24H32N4O3/c1-16-13-27(11-8-24(16)6-9-25-10-7-24)14-17-2-3-19-18(12-17)15-28(23(19)31)20-4-5-21(29)26-22(20)30/h2-3,12,16,20,25H,4-11,13-15H2,1H3,(H,26,29,30). The number of hydrogen-bond acceptors (Lipinski definition) is 5. The van der Waals surface area contributed by atoms with E-state index in [0.29, 0.717) is 29.9 Å². The predicted octanol–water partition coefficient (Wildman–Crippen LogP) is 1.66. The van der Waals surface area contributed by atoms with E-state index in [-0.39, 0.29) is 24.1 Å². The van der Waals surface area contributed by atoms with Gasteiger partial charge in [-0.15, -0.1) is 0 Å². The van der Waals surface area contributed by atoms with E-state index >= 15 is 0 Å². The van der Waals surface area contributed by atoms with Crippen molar-refractivity contribution in [1.82, 2.24) is 20.4 Å². The molecule has 3 saturated heterocycles. The number of carbonyl (C=O) groups excluding carboxylic acids is 3. The van der Waals surface area contributed by atoms with Crippen molar-refractivity contribution in [3.63, 3.8) is 0 Å². The number of likely N-dealkylation sites (tertiary alicyclic amines) is 1. The van der Waals surface area contributed by atoms with Crippen molar-refractivity contribution in [3.8, 4) is 0 Å². The first-order chi connectivity index (χ1) is 14.9. The Morgan fingerprint density at radius 2 is 1.94 bits per heavy atom. The summed E-state index contributed by atoms with van der Waals surface area (Å²) in [4.78, 5) is 40.7. The first kappa shape index (κ1) is 20.6. The fraction of sp³-hybridized carbons (Fsp3) is 0.625. The zero-order valence-electron chi connectivity index (χ0n) is 18.3. The monoisotopic (exact) mass is 424 g/mol. The zero-order valence-corrected chi connectivity index (χ0v) is 18.3. The average Bonchev–Trinajstić information content (AvgIpc) is 3.07. The Morgan fingerprint density at radius 3 is 2.68 bits per heavy atom. The van der Waals surface area contributed by atoms with Gasteiger partial charge >= 0.3 is 0 Å². The third-order valence-electron chi connectivity index (χ3n) is 8.10. The van der Waals surface area contributed by atoms with Gasteiger partial charge in [0.05, 0.1) is 0 Å². The molecular formula is C24H32N4O3. The van der Waals surface area contributed by atoms with Crippen LogP contribution in [0.1, 0.15) is 60.5 Å². The van der Waals surface area contributed by atoms with Crippen molar-refractivity contribution >= 4 is 17.7 Å². The molecule has 0 aliphatic carbocycles. The Balaban J connectivity index is 1.25. The van der Waals surface area contributed by atoms with Gasteiger partial charge < -0.3 is 10.2 Å². The Kier molecular flexibility index (Phi) is 5.34. The van der Waals surface area contributed by atoms with Crippen LogP contribution in [0.5, 0.6) is 0 Å². The van der Waals surface area contributed by atoms with Crippen LogP contribution in [-0.4, -0.2) is 59.7 Å². The number of imide groups is 1. The van der Waals surface area contributed by atoms with E-state index in [1.54, 1.807) is 4.90 Å². The molecule has 5 rings (SSSR count). The first-order valence-corrected chi connectivity index (χ1v) is 11.6. The van der Waals surface area contributed by atoms with Crippen LogP contribution < -0.4 is 10.6 Å². The van der Waals surface area contributed by atoms with E-state index in [9.17, 15) is 14.4 Å². The van der Waals surface area contributed by atoms with E-state index in [1.165, 1.54) is 24.8 Å². The van der Waals surface area contributed by atoms with Crippen LogP contribution in [0.15, 0.2) is 18.2 Å². The van der Waals surface area contributed by atoms with Crippen LogP contribution >= 0.6 is 0 Å². The molecule has 166 valence electrons. The normalized spacial score (nSPS) is 28.7. The summed E-state index contributed by atoms with van der Waals surface area (Å²) in [6.45, 7) is 8.30. The summed E-state index contributed by atoms with van der Waals surface area (Å²) in [5, 5.41) is 5.87. The van der Waals surface area contributed by atoms with E-state index in [1.807, 2.05) is 6.07 Å². The number of hydrogen-bond donors (Lipinski definition) is 2. The molecule has 1 aromatic carbocycles. The maximum atomic E-state index is 12.9. The number of fused-ring (bicyclic) bond motifs is 1. The fourth-order valence-corrected chi connectivity index (χ4v) is 6.09. The van der Waals surface area contributed by atoms with Crippen LogP contribution in [-0.2, 0) is 22.7 Å². The molecule has 31 heavy (non-hydrogen) atoms. The number of rotatable bonds is 3. The highest BCUT2D eigenvalue weighted by Crippen LogP contribution is 2.44. The van der Waals surface area contributed by atoms with Gasteiger partial charge in [0.25, 0.3) is 5.91 Å². The molecule has 1 spiro atoms. The Morgan fingerprint density at radius 1 is 1.13 bits per heavy atom. The number of piperidine rings is 3. The van der Waals surface area contributed by atoms with Crippen LogP contribution in [0, 0.1) is 11.3 Å². The Bertz CT molecular complexity index is 908. The highest BCUT2D eigenvalue weighted by Gasteiger charge is 2.41. The first-order valence-electron chi connectivity index (χ1n) is 11.6. The minimum atomic E-state index is -0.551. The fourth-order valence-electron chi connectivity index (χ4n) is 6.09. The lowest BCUT2D eigenvalue weighted by Gasteiger charge is -2.49. The Labute approximate surface area is 183 Å². The second kappa shape index (κ2) is 8.02. The second-order valence-corrected chi connectivity index (χ2v) is 9.89. The predicted molar refractivity (Wildman–Crippen MR) is 116 cm³/mol. The van der Waals surface area contributed by atoms with Crippen molar-refractivity contribution in [1.29, 1.82) is 0 Å². The summed E-state index contributed by atoms with van der Waals surface area (Å²) in [6, 6.07) is 5.56. The summed E-state index contributed by atoms with van der Waals surface area (Å²) in [5.41, 5.74) is 3.42. The largest absolute Gasteiger partial charge is 0.322 e. The molecule has 0 saturated carbocycles. The summed E-state index contributed by atoms with van der Waals surface area (Å²) >= 11 is 0. The molecule has 0 bridgehead atoms. The van der Waals surface area contributed by atoms with Crippen LogP contribution in [0.3, 0.4) is 0 Å². The molecular weight excluding hydrogens is 392 g/mol. The molecule has 2 atom stereocenters. The van der Waals surface area contributed by atoms with Gasteiger partial charge in [-0.1, -0.05) is 19.1 Å².